The van der Waals surface area contributed by atoms with E-state index in [1.807, 2.05) is 7.05 Å². The Morgan fingerprint density at radius 1 is 1.31 bits per heavy atom. The molecule has 0 aliphatic heterocycles. The summed E-state index contributed by atoms with van der Waals surface area (Å²) >= 11 is 1.77. The second kappa shape index (κ2) is 4.76. The van der Waals surface area contributed by atoms with Crippen molar-refractivity contribution in [2.24, 2.45) is 0 Å². The van der Waals surface area contributed by atoms with Crippen LogP contribution in [0.2, 0.25) is 0 Å². The van der Waals surface area contributed by atoms with Gasteiger partial charge >= 0.3 is 0 Å². The average Bonchev–Trinajstić information content (AvgIpc) is 2.60. The molecule has 1 heterocycles. The molecule has 0 saturated heterocycles. The van der Waals surface area contributed by atoms with Crippen LogP contribution in [-0.2, 0) is 6.54 Å². The Morgan fingerprint density at radius 2 is 2.12 bits per heavy atom. The largest absolute Gasteiger partial charge is 0.314 e. The van der Waals surface area contributed by atoms with E-state index in [1.165, 1.54) is 16.0 Å². The van der Waals surface area contributed by atoms with Crippen molar-refractivity contribution in [3.05, 3.63) is 40.5 Å². The van der Waals surface area contributed by atoms with Gasteiger partial charge in [-0.1, -0.05) is 29.8 Å². The summed E-state index contributed by atoms with van der Waals surface area (Å²) in [4.78, 5) is 5.85. The van der Waals surface area contributed by atoms with Gasteiger partial charge in [-0.05, 0) is 26.5 Å². The first-order chi connectivity index (χ1) is 7.70. The summed E-state index contributed by atoms with van der Waals surface area (Å²) in [5.41, 5.74) is 3.69. The molecule has 0 aliphatic rings. The Morgan fingerprint density at radius 3 is 2.81 bits per heavy atom. The van der Waals surface area contributed by atoms with Crippen LogP contribution in [-0.4, -0.2) is 12.0 Å². The van der Waals surface area contributed by atoms with Gasteiger partial charge < -0.3 is 5.32 Å². The molecular weight excluding hydrogens is 216 g/mol. The Balaban J connectivity index is 2.40. The minimum absolute atomic E-state index is 0.845. The molecule has 1 aromatic heterocycles. The lowest BCUT2D eigenvalue weighted by Gasteiger charge is -1.99. The number of aromatic nitrogens is 1. The lowest BCUT2D eigenvalue weighted by Crippen LogP contribution is -2.04. The van der Waals surface area contributed by atoms with Gasteiger partial charge in [-0.25, -0.2) is 4.98 Å². The molecule has 16 heavy (non-hydrogen) atoms. The highest BCUT2D eigenvalue weighted by Crippen LogP contribution is 2.30. The van der Waals surface area contributed by atoms with Gasteiger partial charge in [-0.3, -0.25) is 0 Å². The van der Waals surface area contributed by atoms with E-state index in [0.717, 1.165) is 17.2 Å². The molecule has 0 amide bonds. The van der Waals surface area contributed by atoms with Gasteiger partial charge in [0.15, 0.2) is 0 Å². The highest BCUT2D eigenvalue weighted by molar-refractivity contribution is 7.15. The van der Waals surface area contributed by atoms with E-state index in [1.54, 1.807) is 11.3 Å². The van der Waals surface area contributed by atoms with Crippen LogP contribution in [0, 0.1) is 13.8 Å². The van der Waals surface area contributed by atoms with Crippen LogP contribution < -0.4 is 5.32 Å². The monoisotopic (exact) mass is 232 g/mol. The van der Waals surface area contributed by atoms with Crippen molar-refractivity contribution < 1.29 is 0 Å². The van der Waals surface area contributed by atoms with E-state index < -0.39 is 0 Å². The summed E-state index contributed by atoms with van der Waals surface area (Å²) in [7, 11) is 1.95. The summed E-state index contributed by atoms with van der Waals surface area (Å²) in [6.45, 7) is 5.04. The number of hydrogen-bond donors (Lipinski definition) is 1. The predicted molar refractivity (Wildman–Crippen MR) is 69.8 cm³/mol. The van der Waals surface area contributed by atoms with Crippen molar-refractivity contribution in [2.75, 3.05) is 7.05 Å². The van der Waals surface area contributed by atoms with Crippen molar-refractivity contribution in [2.45, 2.75) is 20.4 Å². The summed E-state index contributed by atoms with van der Waals surface area (Å²) in [5, 5.41) is 4.28. The number of nitrogens with one attached hydrogen (secondary N) is 1. The second-order valence-corrected chi connectivity index (χ2v) is 5.01. The molecule has 0 bridgehead atoms. The Hall–Kier alpha value is -1.19. The minimum Gasteiger partial charge on any atom is -0.314 e. The first-order valence-electron chi connectivity index (χ1n) is 5.38. The van der Waals surface area contributed by atoms with Gasteiger partial charge in [0, 0.05) is 6.54 Å². The highest BCUT2D eigenvalue weighted by atomic mass is 32.1. The van der Waals surface area contributed by atoms with Gasteiger partial charge in [-0.2, -0.15) is 0 Å². The van der Waals surface area contributed by atoms with E-state index in [4.69, 9.17) is 0 Å². The SMILES string of the molecule is CNCc1nc(C)c(-c2cccc(C)c2)s1. The zero-order valence-corrected chi connectivity index (χ0v) is 10.7. The molecule has 2 nitrogen and oxygen atoms in total. The van der Waals surface area contributed by atoms with E-state index >= 15 is 0 Å². The molecule has 2 aromatic rings. The summed E-state index contributed by atoms with van der Waals surface area (Å²) in [6.07, 6.45) is 0. The Bertz CT molecular complexity index is 488. The number of nitrogens with zero attached hydrogens (tertiary/aromatic N) is 1. The average molecular weight is 232 g/mol. The number of rotatable bonds is 3. The van der Waals surface area contributed by atoms with Crippen LogP contribution in [0.3, 0.4) is 0 Å². The fraction of sp³-hybridized carbons (Fsp3) is 0.308. The van der Waals surface area contributed by atoms with Gasteiger partial charge in [0.1, 0.15) is 5.01 Å². The topological polar surface area (TPSA) is 24.9 Å². The van der Waals surface area contributed by atoms with Crippen LogP contribution in [0.1, 0.15) is 16.3 Å². The summed E-state index contributed by atoms with van der Waals surface area (Å²) < 4.78 is 0. The molecule has 0 spiro atoms. The molecule has 0 unspecified atom stereocenters. The van der Waals surface area contributed by atoms with Crippen LogP contribution in [0.15, 0.2) is 24.3 Å². The Kier molecular flexibility index (Phi) is 3.36. The van der Waals surface area contributed by atoms with Gasteiger partial charge in [-0.15, -0.1) is 11.3 Å². The fourth-order valence-electron chi connectivity index (χ4n) is 1.73. The van der Waals surface area contributed by atoms with Crippen LogP contribution in [0.4, 0.5) is 0 Å². The zero-order chi connectivity index (χ0) is 11.5. The molecule has 84 valence electrons. The smallest absolute Gasteiger partial charge is 0.107 e. The van der Waals surface area contributed by atoms with Crippen LogP contribution in [0.25, 0.3) is 10.4 Å². The predicted octanol–water partition coefficient (Wildman–Crippen LogP) is 3.15. The highest BCUT2D eigenvalue weighted by Gasteiger charge is 2.08. The molecule has 3 heteroatoms. The summed E-state index contributed by atoms with van der Waals surface area (Å²) in [5.74, 6) is 0. The van der Waals surface area contributed by atoms with Crippen molar-refractivity contribution in [1.82, 2.24) is 10.3 Å². The molecule has 0 aliphatic carbocycles. The molecule has 1 aromatic carbocycles. The molecule has 0 radical (unpaired) electrons. The lowest BCUT2D eigenvalue weighted by atomic mass is 10.1. The lowest BCUT2D eigenvalue weighted by molar-refractivity contribution is 0.807. The van der Waals surface area contributed by atoms with Gasteiger partial charge in [0.2, 0.25) is 0 Å². The zero-order valence-electron chi connectivity index (χ0n) is 9.87. The molecular formula is C13H16N2S. The maximum atomic E-state index is 4.56. The Labute approximate surface area is 100 Å². The standard InChI is InChI=1S/C13H16N2S/c1-9-5-4-6-11(7-9)13-10(2)15-12(16-13)8-14-3/h4-7,14H,8H2,1-3H3. The number of benzene rings is 1. The van der Waals surface area contributed by atoms with Crippen LogP contribution >= 0.6 is 11.3 Å². The van der Waals surface area contributed by atoms with E-state index in [0.29, 0.717) is 0 Å². The van der Waals surface area contributed by atoms with Crippen molar-refractivity contribution in [3.8, 4) is 10.4 Å². The van der Waals surface area contributed by atoms with Crippen molar-refractivity contribution in [1.29, 1.82) is 0 Å². The minimum atomic E-state index is 0.845. The van der Waals surface area contributed by atoms with Crippen molar-refractivity contribution >= 4 is 11.3 Å². The molecule has 0 saturated carbocycles. The first kappa shape index (κ1) is 11.3. The molecule has 1 N–H and O–H groups in total. The third-order valence-electron chi connectivity index (χ3n) is 2.45. The normalized spacial score (nSPS) is 10.7. The molecule has 0 fully saturated rings. The van der Waals surface area contributed by atoms with E-state index in [9.17, 15) is 0 Å². The number of hydrogen-bond acceptors (Lipinski definition) is 3. The quantitative estimate of drug-likeness (QED) is 0.879. The molecule has 0 atom stereocenters. The maximum absolute atomic E-state index is 4.56. The maximum Gasteiger partial charge on any atom is 0.107 e. The second-order valence-electron chi connectivity index (χ2n) is 3.92. The van der Waals surface area contributed by atoms with E-state index in [-0.39, 0.29) is 0 Å². The van der Waals surface area contributed by atoms with Crippen molar-refractivity contribution in [3.63, 3.8) is 0 Å². The molecule has 2 rings (SSSR count). The number of thiazole rings is 1. The van der Waals surface area contributed by atoms with Crippen LogP contribution in [0.5, 0.6) is 0 Å². The third kappa shape index (κ3) is 2.31. The first-order valence-corrected chi connectivity index (χ1v) is 6.20. The van der Waals surface area contributed by atoms with Gasteiger partial charge in [0.05, 0.1) is 10.6 Å². The number of aryl methyl sites for hydroxylation is 2. The third-order valence-corrected chi connectivity index (χ3v) is 3.66. The fourth-order valence-corrected chi connectivity index (χ4v) is 2.81. The van der Waals surface area contributed by atoms with Gasteiger partial charge in [0.25, 0.3) is 0 Å². The van der Waals surface area contributed by atoms with E-state index in [2.05, 4.69) is 48.4 Å². The summed E-state index contributed by atoms with van der Waals surface area (Å²) in [6, 6.07) is 8.58.